The lowest BCUT2D eigenvalue weighted by atomic mass is 10.0. The van der Waals surface area contributed by atoms with Gasteiger partial charge in [-0.15, -0.1) is 0 Å². The van der Waals surface area contributed by atoms with Crippen LogP contribution in [0.25, 0.3) is 11.0 Å². The number of H-pyrrole nitrogens is 1. The number of aromatic amines is 1. The average Bonchev–Trinajstić information content (AvgIpc) is 3.01. The van der Waals surface area contributed by atoms with Crippen molar-refractivity contribution in [1.82, 2.24) is 24.7 Å². The quantitative estimate of drug-likeness (QED) is 0.919. The highest BCUT2D eigenvalue weighted by Crippen LogP contribution is 2.21. The lowest BCUT2D eigenvalue weighted by Crippen LogP contribution is -2.64. The Balaban J connectivity index is 1.35. The van der Waals surface area contributed by atoms with Gasteiger partial charge in [-0.25, -0.2) is 4.98 Å². The molecule has 2 aliphatic heterocycles. The third-order valence-electron chi connectivity index (χ3n) is 5.19. The number of fused-ring (bicyclic) bond motifs is 1. The number of hydrogen-bond donors (Lipinski definition) is 1. The van der Waals surface area contributed by atoms with Crippen molar-refractivity contribution in [2.24, 2.45) is 0 Å². The number of amides is 1. The molecular formula is C17H23N5O. The number of benzene rings is 1. The molecule has 2 aromatic rings. The zero-order chi connectivity index (χ0) is 15.8. The Morgan fingerprint density at radius 2 is 2.04 bits per heavy atom. The number of likely N-dealkylation sites (N-methyl/N-ethyl adjacent to an activating group) is 1. The fourth-order valence-corrected chi connectivity index (χ4v) is 3.55. The maximum absolute atomic E-state index is 12.6. The van der Waals surface area contributed by atoms with Crippen LogP contribution in [0, 0.1) is 0 Å². The van der Waals surface area contributed by atoms with Crippen LogP contribution in [0.5, 0.6) is 0 Å². The van der Waals surface area contributed by atoms with Gasteiger partial charge in [0.15, 0.2) is 0 Å². The fourth-order valence-electron chi connectivity index (χ4n) is 3.55. The molecule has 23 heavy (non-hydrogen) atoms. The second-order valence-corrected chi connectivity index (χ2v) is 6.47. The summed E-state index contributed by atoms with van der Waals surface area (Å²) in [6.45, 7) is 9.61. The maximum Gasteiger partial charge on any atom is 0.254 e. The average molecular weight is 313 g/mol. The van der Waals surface area contributed by atoms with Gasteiger partial charge in [0.2, 0.25) is 0 Å². The molecule has 0 saturated carbocycles. The van der Waals surface area contributed by atoms with Gasteiger partial charge in [0.1, 0.15) is 0 Å². The number of hydrogen-bond acceptors (Lipinski definition) is 4. The predicted molar refractivity (Wildman–Crippen MR) is 89.5 cm³/mol. The van der Waals surface area contributed by atoms with E-state index >= 15 is 0 Å². The van der Waals surface area contributed by atoms with E-state index in [-0.39, 0.29) is 5.91 Å². The zero-order valence-corrected chi connectivity index (χ0v) is 13.5. The largest absolute Gasteiger partial charge is 0.345 e. The summed E-state index contributed by atoms with van der Waals surface area (Å²) in [5.74, 6) is 0.130. The number of nitrogens with one attached hydrogen (secondary N) is 1. The number of piperazine rings is 1. The highest BCUT2D eigenvalue weighted by molar-refractivity contribution is 5.97. The molecule has 6 nitrogen and oxygen atoms in total. The second kappa shape index (κ2) is 5.94. The molecule has 1 N–H and O–H groups in total. The molecule has 0 aliphatic carbocycles. The van der Waals surface area contributed by atoms with Gasteiger partial charge in [-0.2, -0.15) is 0 Å². The molecule has 4 rings (SSSR count). The van der Waals surface area contributed by atoms with Gasteiger partial charge in [0.05, 0.1) is 17.4 Å². The third kappa shape index (κ3) is 2.72. The molecule has 0 bridgehead atoms. The van der Waals surface area contributed by atoms with Gasteiger partial charge >= 0.3 is 0 Å². The van der Waals surface area contributed by atoms with E-state index in [1.54, 1.807) is 6.33 Å². The summed E-state index contributed by atoms with van der Waals surface area (Å²) in [7, 11) is 0. The number of rotatable bonds is 3. The molecule has 0 unspecified atom stereocenters. The van der Waals surface area contributed by atoms with Crippen molar-refractivity contribution < 1.29 is 4.79 Å². The van der Waals surface area contributed by atoms with Crippen molar-refractivity contribution in [3.05, 3.63) is 30.1 Å². The number of carbonyl (C=O) groups is 1. The molecule has 2 saturated heterocycles. The van der Waals surface area contributed by atoms with Crippen LogP contribution in [0.2, 0.25) is 0 Å². The van der Waals surface area contributed by atoms with Crippen molar-refractivity contribution in [3.63, 3.8) is 0 Å². The van der Waals surface area contributed by atoms with E-state index in [1.807, 2.05) is 23.1 Å². The molecule has 1 amide bonds. The highest BCUT2D eigenvalue weighted by Gasteiger charge is 2.36. The molecule has 0 atom stereocenters. The van der Waals surface area contributed by atoms with Gasteiger partial charge < -0.3 is 14.8 Å². The van der Waals surface area contributed by atoms with E-state index in [4.69, 9.17) is 0 Å². The van der Waals surface area contributed by atoms with E-state index in [1.165, 1.54) is 0 Å². The molecule has 1 aromatic carbocycles. The van der Waals surface area contributed by atoms with Crippen LogP contribution >= 0.6 is 0 Å². The zero-order valence-electron chi connectivity index (χ0n) is 13.5. The van der Waals surface area contributed by atoms with Gasteiger partial charge in [0, 0.05) is 50.9 Å². The number of likely N-dealkylation sites (tertiary alicyclic amines) is 1. The predicted octanol–water partition coefficient (Wildman–Crippen LogP) is 1.02. The number of carbonyl (C=O) groups excluding carboxylic acids is 1. The van der Waals surface area contributed by atoms with Gasteiger partial charge in [-0.05, 0) is 24.7 Å². The Kier molecular flexibility index (Phi) is 3.79. The van der Waals surface area contributed by atoms with Crippen molar-refractivity contribution in [2.45, 2.75) is 13.0 Å². The standard InChI is InChI=1S/C17H23N5O/c1-2-20-5-7-21(8-6-20)14-10-22(11-14)17(23)13-3-4-15-16(9-13)19-12-18-15/h3-4,9,12,14H,2,5-8,10-11H2,1H3,(H,18,19). The van der Waals surface area contributed by atoms with Crippen molar-refractivity contribution in [3.8, 4) is 0 Å². The van der Waals surface area contributed by atoms with Crippen LogP contribution in [0.1, 0.15) is 17.3 Å². The van der Waals surface area contributed by atoms with E-state index in [9.17, 15) is 4.79 Å². The minimum atomic E-state index is 0.130. The van der Waals surface area contributed by atoms with E-state index in [2.05, 4.69) is 26.7 Å². The summed E-state index contributed by atoms with van der Waals surface area (Å²) < 4.78 is 0. The second-order valence-electron chi connectivity index (χ2n) is 6.47. The summed E-state index contributed by atoms with van der Waals surface area (Å²) >= 11 is 0. The first kappa shape index (κ1) is 14.7. The first-order valence-electron chi connectivity index (χ1n) is 8.43. The first-order valence-corrected chi connectivity index (χ1v) is 8.43. The summed E-state index contributed by atoms with van der Waals surface area (Å²) in [5, 5.41) is 0. The summed E-state index contributed by atoms with van der Waals surface area (Å²) in [6.07, 6.45) is 1.66. The Hall–Kier alpha value is -1.92. The first-order chi connectivity index (χ1) is 11.2. The third-order valence-corrected chi connectivity index (χ3v) is 5.19. The van der Waals surface area contributed by atoms with Crippen molar-refractivity contribution >= 4 is 16.9 Å². The van der Waals surface area contributed by atoms with Crippen LogP contribution in [-0.2, 0) is 0 Å². The number of aromatic nitrogens is 2. The number of imidazole rings is 1. The highest BCUT2D eigenvalue weighted by atomic mass is 16.2. The maximum atomic E-state index is 12.6. The van der Waals surface area contributed by atoms with Crippen molar-refractivity contribution in [1.29, 1.82) is 0 Å². The van der Waals surface area contributed by atoms with Crippen LogP contribution in [-0.4, -0.2) is 82.4 Å². The van der Waals surface area contributed by atoms with Crippen LogP contribution in [0.3, 0.4) is 0 Å². The molecule has 6 heteroatoms. The Morgan fingerprint density at radius 1 is 1.26 bits per heavy atom. The summed E-state index contributed by atoms with van der Waals surface area (Å²) in [6, 6.07) is 6.21. The Morgan fingerprint density at radius 3 is 2.78 bits per heavy atom. The summed E-state index contributed by atoms with van der Waals surface area (Å²) in [4.78, 5) is 26.8. The molecule has 122 valence electrons. The number of nitrogens with zero attached hydrogens (tertiary/aromatic N) is 4. The lowest BCUT2D eigenvalue weighted by Gasteiger charge is -2.48. The molecule has 1 aromatic heterocycles. The van der Waals surface area contributed by atoms with Gasteiger partial charge in [-0.1, -0.05) is 6.92 Å². The fraction of sp³-hybridized carbons (Fsp3) is 0.529. The van der Waals surface area contributed by atoms with Crippen molar-refractivity contribution in [2.75, 3.05) is 45.8 Å². The molecule has 2 fully saturated rings. The van der Waals surface area contributed by atoms with E-state index in [0.717, 1.165) is 62.4 Å². The summed E-state index contributed by atoms with van der Waals surface area (Å²) in [5.41, 5.74) is 2.57. The molecule has 0 radical (unpaired) electrons. The normalized spacial score (nSPS) is 20.8. The van der Waals surface area contributed by atoms with Crippen LogP contribution in [0.15, 0.2) is 24.5 Å². The SMILES string of the molecule is CCN1CCN(C2CN(C(=O)c3ccc4nc[nH]c4c3)C2)CC1. The van der Waals surface area contributed by atoms with E-state index in [0.29, 0.717) is 6.04 Å². The monoisotopic (exact) mass is 313 g/mol. The molecule has 2 aliphatic rings. The topological polar surface area (TPSA) is 55.5 Å². The molecule has 0 spiro atoms. The van der Waals surface area contributed by atoms with Crippen LogP contribution < -0.4 is 0 Å². The molecular weight excluding hydrogens is 290 g/mol. The Labute approximate surface area is 136 Å². The van der Waals surface area contributed by atoms with E-state index < -0.39 is 0 Å². The van der Waals surface area contributed by atoms with Gasteiger partial charge in [-0.3, -0.25) is 9.69 Å². The molecule has 3 heterocycles. The Bertz CT molecular complexity index is 698. The van der Waals surface area contributed by atoms with Gasteiger partial charge in [0.25, 0.3) is 5.91 Å². The smallest absolute Gasteiger partial charge is 0.254 e. The minimum absolute atomic E-state index is 0.130. The van der Waals surface area contributed by atoms with Crippen LogP contribution in [0.4, 0.5) is 0 Å². The minimum Gasteiger partial charge on any atom is -0.345 e. The lowest BCUT2D eigenvalue weighted by molar-refractivity contribution is 0.00841.